The highest BCUT2D eigenvalue weighted by atomic mass is 16.5. The summed E-state index contributed by atoms with van der Waals surface area (Å²) in [5.41, 5.74) is 0. The third-order valence-corrected chi connectivity index (χ3v) is 15.5. The zero-order chi connectivity index (χ0) is 52.9. The fourth-order valence-electron chi connectivity index (χ4n) is 10.4. The lowest BCUT2D eigenvalue weighted by Crippen LogP contribution is -2.45. The van der Waals surface area contributed by atoms with E-state index in [2.05, 4.69) is 43.5 Å². The average Bonchev–Trinajstić information content (AvgIpc) is 3.39. The van der Waals surface area contributed by atoms with E-state index < -0.39 is 12.1 Å². The third-order valence-electron chi connectivity index (χ3n) is 15.5. The molecule has 0 bridgehead atoms. The largest absolute Gasteiger partial charge is 0.466 e. The van der Waals surface area contributed by atoms with Gasteiger partial charge in [0.15, 0.2) is 0 Å². The maximum Gasteiger partial charge on any atom is 0.305 e. The van der Waals surface area contributed by atoms with Crippen LogP contribution in [0, 0.1) is 0 Å². The first-order chi connectivity index (χ1) is 36.0. The molecule has 0 heterocycles. The lowest BCUT2D eigenvalue weighted by Gasteiger charge is -2.22. The van der Waals surface area contributed by atoms with Gasteiger partial charge in [-0.25, -0.2) is 0 Å². The molecule has 0 saturated carbocycles. The van der Waals surface area contributed by atoms with Crippen molar-refractivity contribution in [3.8, 4) is 0 Å². The first-order valence-corrected chi connectivity index (χ1v) is 33.1. The first-order valence-electron chi connectivity index (χ1n) is 33.1. The number of nitrogens with one attached hydrogen (secondary N) is 1. The second-order valence-electron chi connectivity index (χ2n) is 22.8. The molecule has 0 aromatic carbocycles. The Morgan fingerprint density at radius 2 is 0.644 bits per heavy atom. The number of unbranched alkanes of at least 4 members (excludes halogenated alkanes) is 47. The summed E-state index contributed by atoms with van der Waals surface area (Å²) in [6.07, 6.45) is 77.8. The van der Waals surface area contributed by atoms with Crippen molar-refractivity contribution in [1.29, 1.82) is 0 Å². The summed E-state index contributed by atoms with van der Waals surface area (Å²) in [5, 5.41) is 23.2. The predicted octanol–water partition coefficient (Wildman–Crippen LogP) is 21.0. The van der Waals surface area contributed by atoms with E-state index in [4.69, 9.17) is 4.74 Å². The summed E-state index contributed by atoms with van der Waals surface area (Å²) in [6.45, 7) is 4.96. The molecule has 0 spiro atoms. The monoisotopic (exact) mass is 1030 g/mol. The number of aliphatic hydroxyl groups is 2. The molecule has 432 valence electrons. The minimum absolute atomic E-state index is 0.0144. The van der Waals surface area contributed by atoms with Gasteiger partial charge in [-0.2, -0.15) is 0 Å². The van der Waals surface area contributed by atoms with Gasteiger partial charge in [0.25, 0.3) is 0 Å². The van der Waals surface area contributed by atoms with Crippen molar-refractivity contribution in [1.82, 2.24) is 5.32 Å². The van der Waals surface area contributed by atoms with Gasteiger partial charge in [0.2, 0.25) is 5.91 Å². The van der Waals surface area contributed by atoms with Gasteiger partial charge in [-0.3, -0.25) is 9.59 Å². The van der Waals surface area contributed by atoms with Gasteiger partial charge in [-0.1, -0.05) is 301 Å². The van der Waals surface area contributed by atoms with Crippen molar-refractivity contribution >= 4 is 11.9 Å². The maximum atomic E-state index is 12.5. The summed E-state index contributed by atoms with van der Waals surface area (Å²) in [6, 6.07) is -0.541. The smallest absolute Gasteiger partial charge is 0.305 e. The van der Waals surface area contributed by atoms with Crippen LogP contribution < -0.4 is 5.32 Å². The molecule has 0 radical (unpaired) electrons. The van der Waals surface area contributed by atoms with E-state index in [0.717, 1.165) is 38.5 Å². The fourth-order valence-corrected chi connectivity index (χ4v) is 10.4. The Morgan fingerprint density at radius 3 is 0.973 bits per heavy atom. The SMILES string of the molecule is CCCCCCCC/C=C\CCCCCCCCCCCC(=O)OCCCCCCCCCCCCCC/C=C\CCCCCCCCCCCCC(=O)NC(CO)C(O)CCCCCCCCCCCCC. The molecule has 0 fully saturated rings. The van der Waals surface area contributed by atoms with Gasteiger partial charge in [0.05, 0.1) is 25.4 Å². The van der Waals surface area contributed by atoms with Gasteiger partial charge in [-0.15, -0.1) is 0 Å². The van der Waals surface area contributed by atoms with Gasteiger partial charge in [0.1, 0.15) is 0 Å². The van der Waals surface area contributed by atoms with Crippen LogP contribution in [-0.4, -0.2) is 47.4 Å². The van der Waals surface area contributed by atoms with Crippen molar-refractivity contribution in [2.24, 2.45) is 0 Å². The van der Waals surface area contributed by atoms with E-state index >= 15 is 0 Å². The van der Waals surface area contributed by atoms with Gasteiger partial charge < -0.3 is 20.3 Å². The number of allylic oxidation sites excluding steroid dienone is 4. The quantitative estimate of drug-likeness (QED) is 0.0320. The molecule has 0 aromatic rings. The van der Waals surface area contributed by atoms with Crippen molar-refractivity contribution < 1.29 is 24.5 Å². The molecule has 0 aromatic heterocycles. The fraction of sp³-hybridized carbons (Fsp3) is 0.910. The van der Waals surface area contributed by atoms with E-state index in [0.29, 0.717) is 25.9 Å². The average molecular weight is 1030 g/mol. The van der Waals surface area contributed by atoms with Gasteiger partial charge in [-0.05, 0) is 77.0 Å². The van der Waals surface area contributed by atoms with Crippen LogP contribution in [0.15, 0.2) is 24.3 Å². The molecule has 0 aliphatic carbocycles. The van der Waals surface area contributed by atoms with Crippen LogP contribution in [0.3, 0.4) is 0 Å². The van der Waals surface area contributed by atoms with Crippen LogP contribution in [0.25, 0.3) is 0 Å². The molecule has 0 aliphatic rings. The molecule has 3 N–H and O–H groups in total. The molecule has 6 heteroatoms. The number of carbonyl (C=O) groups excluding carboxylic acids is 2. The van der Waals surface area contributed by atoms with Crippen LogP contribution >= 0.6 is 0 Å². The summed E-state index contributed by atoms with van der Waals surface area (Å²) in [5.74, 6) is -0.0222. The minimum atomic E-state index is -0.664. The van der Waals surface area contributed by atoms with E-state index in [1.54, 1.807) is 0 Å². The van der Waals surface area contributed by atoms with E-state index in [9.17, 15) is 19.8 Å². The zero-order valence-corrected chi connectivity index (χ0v) is 49.4. The van der Waals surface area contributed by atoms with E-state index in [-0.39, 0.29) is 18.5 Å². The molecular weight excluding hydrogens is 899 g/mol. The number of esters is 1. The highest BCUT2D eigenvalue weighted by molar-refractivity contribution is 5.76. The van der Waals surface area contributed by atoms with Crippen molar-refractivity contribution in [2.45, 2.75) is 379 Å². The number of hydrogen-bond acceptors (Lipinski definition) is 5. The molecule has 0 aliphatic heterocycles. The second-order valence-corrected chi connectivity index (χ2v) is 22.8. The number of amides is 1. The summed E-state index contributed by atoms with van der Waals surface area (Å²) in [4.78, 5) is 24.6. The van der Waals surface area contributed by atoms with E-state index in [1.165, 1.54) is 295 Å². The van der Waals surface area contributed by atoms with Crippen LogP contribution in [-0.2, 0) is 14.3 Å². The topological polar surface area (TPSA) is 95.9 Å². The number of ether oxygens (including phenoxy) is 1. The van der Waals surface area contributed by atoms with Crippen LogP contribution in [0.5, 0.6) is 0 Å². The Labute approximate surface area is 456 Å². The summed E-state index contributed by atoms with van der Waals surface area (Å²) < 4.78 is 5.50. The number of aliphatic hydroxyl groups excluding tert-OH is 2. The first kappa shape index (κ1) is 71.3. The maximum absolute atomic E-state index is 12.5. The number of rotatable bonds is 62. The van der Waals surface area contributed by atoms with Crippen molar-refractivity contribution in [2.75, 3.05) is 13.2 Å². The Kier molecular flexibility index (Phi) is 61.4. The molecule has 1 amide bonds. The van der Waals surface area contributed by atoms with Crippen LogP contribution in [0.4, 0.5) is 0 Å². The van der Waals surface area contributed by atoms with E-state index in [1.807, 2.05) is 0 Å². The molecule has 0 rings (SSSR count). The minimum Gasteiger partial charge on any atom is -0.466 e. The highest BCUT2D eigenvalue weighted by Gasteiger charge is 2.20. The Bertz CT molecular complexity index is 1140. The van der Waals surface area contributed by atoms with Gasteiger partial charge in [0, 0.05) is 12.8 Å². The Morgan fingerprint density at radius 1 is 0.370 bits per heavy atom. The Hall–Kier alpha value is -1.66. The van der Waals surface area contributed by atoms with Crippen molar-refractivity contribution in [3.05, 3.63) is 24.3 Å². The predicted molar refractivity (Wildman–Crippen MR) is 320 cm³/mol. The standard InChI is InChI=1S/C67H129NO5/c1-3-5-7-9-11-13-15-16-17-18-27-31-34-37-41-45-49-53-57-61-67(72)73-62-58-54-50-46-42-38-35-32-29-26-24-22-20-19-21-23-25-28-30-33-36-40-44-48-52-56-60-66(71)68-64(63-69)65(70)59-55-51-47-43-39-14-12-10-8-6-4-2/h16-17,19,21,64-65,69-70H,3-15,18,20,22-63H2,1-2H3,(H,68,71)/b17-16-,21-19-. The molecule has 0 saturated heterocycles. The number of hydrogen-bond donors (Lipinski definition) is 3. The molecular formula is C67H129NO5. The number of carbonyl (C=O) groups is 2. The van der Waals surface area contributed by atoms with Crippen LogP contribution in [0.1, 0.15) is 367 Å². The normalized spacial score (nSPS) is 12.7. The van der Waals surface area contributed by atoms with Gasteiger partial charge >= 0.3 is 5.97 Å². The zero-order valence-electron chi connectivity index (χ0n) is 49.4. The van der Waals surface area contributed by atoms with Crippen molar-refractivity contribution in [3.63, 3.8) is 0 Å². The molecule has 6 nitrogen and oxygen atoms in total. The third kappa shape index (κ3) is 59.4. The lowest BCUT2D eigenvalue weighted by molar-refractivity contribution is -0.143. The summed E-state index contributed by atoms with van der Waals surface area (Å²) >= 11 is 0. The molecule has 73 heavy (non-hydrogen) atoms. The summed E-state index contributed by atoms with van der Waals surface area (Å²) in [7, 11) is 0. The molecule has 2 unspecified atom stereocenters. The van der Waals surface area contributed by atoms with Crippen LogP contribution in [0.2, 0.25) is 0 Å². The lowest BCUT2D eigenvalue weighted by atomic mass is 10.0. The second kappa shape index (κ2) is 62.9. The highest BCUT2D eigenvalue weighted by Crippen LogP contribution is 2.18. The Balaban J connectivity index is 3.35. The molecule has 2 atom stereocenters.